The summed E-state index contributed by atoms with van der Waals surface area (Å²) in [5.41, 5.74) is 0. The molecule has 2 saturated heterocycles. The van der Waals surface area contributed by atoms with Crippen LogP contribution in [0.2, 0.25) is 0 Å². The van der Waals surface area contributed by atoms with Crippen molar-refractivity contribution in [3.8, 4) is 0 Å². The van der Waals surface area contributed by atoms with Crippen LogP contribution in [0.3, 0.4) is 0 Å². The van der Waals surface area contributed by atoms with Crippen LogP contribution in [0.15, 0.2) is 23.2 Å². The van der Waals surface area contributed by atoms with Crippen LogP contribution in [0.4, 0.5) is 5.82 Å². The Morgan fingerprint density at radius 3 is 2.60 bits per heavy atom. The summed E-state index contributed by atoms with van der Waals surface area (Å²) in [6.45, 7) is 8.91. The number of hydrogen-bond donors (Lipinski definition) is 1. The van der Waals surface area contributed by atoms with Gasteiger partial charge in [0.05, 0.1) is 0 Å². The standard InChI is InChI=1S/C18H30N4O2S/c1-15(2)14-21-9-5-6-16(21)12-19-18-8-7-17(13-20-18)25(23,24)22-10-3-4-11-22/h7-8,13,15-16H,3-6,9-12,14H2,1-2H3,(H,19,20)/t16-/m1/s1. The van der Waals surface area contributed by atoms with Gasteiger partial charge in [-0.05, 0) is 50.3 Å². The Morgan fingerprint density at radius 1 is 1.20 bits per heavy atom. The maximum atomic E-state index is 12.5. The van der Waals surface area contributed by atoms with Crippen molar-refractivity contribution in [1.29, 1.82) is 0 Å². The van der Waals surface area contributed by atoms with E-state index in [0.29, 0.717) is 29.9 Å². The summed E-state index contributed by atoms with van der Waals surface area (Å²) in [6, 6.07) is 3.99. The lowest BCUT2D eigenvalue weighted by Crippen LogP contribution is -2.37. The van der Waals surface area contributed by atoms with E-state index in [0.717, 1.165) is 31.7 Å². The van der Waals surface area contributed by atoms with Crippen molar-refractivity contribution in [1.82, 2.24) is 14.2 Å². The van der Waals surface area contributed by atoms with Crippen molar-refractivity contribution in [2.24, 2.45) is 5.92 Å². The van der Waals surface area contributed by atoms with E-state index in [1.807, 2.05) is 0 Å². The van der Waals surface area contributed by atoms with Gasteiger partial charge in [0.15, 0.2) is 0 Å². The predicted molar refractivity (Wildman–Crippen MR) is 100 cm³/mol. The summed E-state index contributed by atoms with van der Waals surface area (Å²) in [5, 5.41) is 3.38. The highest BCUT2D eigenvalue weighted by Crippen LogP contribution is 2.22. The minimum absolute atomic E-state index is 0.294. The van der Waals surface area contributed by atoms with Crippen LogP contribution in [0.5, 0.6) is 0 Å². The second-order valence-electron chi connectivity index (χ2n) is 7.56. The van der Waals surface area contributed by atoms with E-state index in [-0.39, 0.29) is 0 Å². The highest BCUT2D eigenvalue weighted by Gasteiger charge is 2.28. The number of aromatic nitrogens is 1. The maximum Gasteiger partial charge on any atom is 0.244 e. The summed E-state index contributed by atoms with van der Waals surface area (Å²) in [4.78, 5) is 7.17. The number of hydrogen-bond acceptors (Lipinski definition) is 5. The molecular weight excluding hydrogens is 336 g/mol. The quantitative estimate of drug-likeness (QED) is 0.803. The Kier molecular flexibility index (Phi) is 5.96. The average Bonchev–Trinajstić information content (AvgIpc) is 3.25. The number of rotatable bonds is 7. The molecule has 0 amide bonds. The third kappa shape index (κ3) is 4.51. The molecule has 6 nitrogen and oxygen atoms in total. The third-order valence-electron chi connectivity index (χ3n) is 5.06. The van der Waals surface area contributed by atoms with Crippen LogP contribution in [-0.4, -0.2) is 61.4 Å². The Balaban J connectivity index is 1.57. The lowest BCUT2D eigenvalue weighted by atomic mass is 10.1. The van der Waals surface area contributed by atoms with Crippen molar-refractivity contribution < 1.29 is 8.42 Å². The van der Waals surface area contributed by atoms with Gasteiger partial charge in [0.1, 0.15) is 10.7 Å². The molecule has 2 aliphatic rings. The van der Waals surface area contributed by atoms with Crippen molar-refractivity contribution in [3.05, 3.63) is 18.3 Å². The molecule has 3 rings (SSSR count). The first-order valence-corrected chi connectivity index (χ1v) is 10.8. The topological polar surface area (TPSA) is 65.5 Å². The van der Waals surface area contributed by atoms with Crippen molar-refractivity contribution in [2.45, 2.75) is 50.5 Å². The van der Waals surface area contributed by atoms with E-state index in [1.165, 1.54) is 25.6 Å². The van der Waals surface area contributed by atoms with Gasteiger partial charge in [0, 0.05) is 38.4 Å². The normalized spacial score (nSPS) is 22.8. The number of sulfonamides is 1. The van der Waals surface area contributed by atoms with Gasteiger partial charge in [-0.25, -0.2) is 13.4 Å². The molecule has 0 aromatic carbocycles. The smallest absolute Gasteiger partial charge is 0.244 e. The van der Waals surface area contributed by atoms with Crippen LogP contribution in [0.1, 0.15) is 39.5 Å². The highest BCUT2D eigenvalue weighted by molar-refractivity contribution is 7.89. The second-order valence-corrected chi connectivity index (χ2v) is 9.49. The Labute approximate surface area is 151 Å². The van der Waals surface area contributed by atoms with Crippen molar-refractivity contribution in [3.63, 3.8) is 0 Å². The summed E-state index contributed by atoms with van der Waals surface area (Å²) in [7, 11) is -3.37. The van der Waals surface area contributed by atoms with Crippen LogP contribution in [0.25, 0.3) is 0 Å². The fraction of sp³-hybridized carbons (Fsp3) is 0.722. The highest BCUT2D eigenvalue weighted by atomic mass is 32.2. The van der Waals surface area contributed by atoms with Gasteiger partial charge >= 0.3 is 0 Å². The zero-order chi connectivity index (χ0) is 17.9. The molecule has 0 saturated carbocycles. The maximum absolute atomic E-state index is 12.5. The summed E-state index contributed by atoms with van der Waals surface area (Å²) >= 11 is 0. The van der Waals surface area contributed by atoms with Gasteiger partial charge in [-0.3, -0.25) is 4.90 Å². The molecule has 2 fully saturated rings. The molecule has 0 unspecified atom stereocenters. The van der Waals surface area contributed by atoms with Gasteiger partial charge in [-0.15, -0.1) is 0 Å². The molecule has 1 atom stereocenters. The average molecular weight is 367 g/mol. The monoisotopic (exact) mass is 366 g/mol. The molecule has 1 aromatic rings. The van der Waals surface area contributed by atoms with E-state index in [2.05, 4.69) is 29.0 Å². The van der Waals surface area contributed by atoms with E-state index >= 15 is 0 Å². The van der Waals surface area contributed by atoms with Crippen molar-refractivity contribution in [2.75, 3.05) is 38.0 Å². The fourth-order valence-electron chi connectivity index (χ4n) is 3.77. The van der Waals surface area contributed by atoms with Gasteiger partial charge in [0.25, 0.3) is 0 Å². The molecule has 3 heterocycles. The number of pyridine rings is 1. The first-order valence-electron chi connectivity index (χ1n) is 9.41. The molecule has 140 valence electrons. The lowest BCUT2D eigenvalue weighted by Gasteiger charge is -2.26. The molecule has 2 aliphatic heterocycles. The molecule has 0 bridgehead atoms. The van der Waals surface area contributed by atoms with Crippen LogP contribution in [-0.2, 0) is 10.0 Å². The first kappa shape index (κ1) is 18.6. The van der Waals surface area contributed by atoms with Gasteiger partial charge in [-0.1, -0.05) is 13.8 Å². The van der Waals surface area contributed by atoms with E-state index in [1.54, 1.807) is 16.4 Å². The Hall–Kier alpha value is -1.18. The fourth-order valence-corrected chi connectivity index (χ4v) is 5.24. The SMILES string of the molecule is CC(C)CN1CCC[C@@H]1CNc1ccc(S(=O)(=O)N2CCCC2)cn1. The summed E-state index contributed by atoms with van der Waals surface area (Å²) in [6.07, 6.45) is 5.83. The summed E-state index contributed by atoms with van der Waals surface area (Å²) in [5.74, 6) is 1.42. The number of nitrogens with zero attached hydrogens (tertiary/aromatic N) is 3. The number of likely N-dealkylation sites (tertiary alicyclic amines) is 1. The zero-order valence-electron chi connectivity index (χ0n) is 15.3. The first-order chi connectivity index (χ1) is 12.0. The minimum Gasteiger partial charge on any atom is -0.369 e. The summed E-state index contributed by atoms with van der Waals surface area (Å²) < 4.78 is 26.6. The predicted octanol–water partition coefficient (Wildman–Crippen LogP) is 2.40. The Bertz CT molecular complexity index is 654. The molecule has 0 spiro atoms. The largest absolute Gasteiger partial charge is 0.369 e. The van der Waals surface area contributed by atoms with Crippen LogP contribution in [0, 0.1) is 5.92 Å². The van der Waals surface area contributed by atoms with Gasteiger partial charge in [-0.2, -0.15) is 4.31 Å². The van der Waals surface area contributed by atoms with E-state index in [9.17, 15) is 8.42 Å². The second kappa shape index (κ2) is 8.01. The molecule has 0 aliphatic carbocycles. The van der Waals surface area contributed by atoms with Gasteiger partial charge in [0.2, 0.25) is 10.0 Å². The Morgan fingerprint density at radius 2 is 1.96 bits per heavy atom. The number of anilines is 1. The minimum atomic E-state index is -3.37. The van der Waals surface area contributed by atoms with Crippen LogP contribution < -0.4 is 5.32 Å². The molecule has 1 aromatic heterocycles. The molecule has 25 heavy (non-hydrogen) atoms. The van der Waals surface area contributed by atoms with E-state index < -0.39 is 10.0 Å². The zero-order valence-corrected chi connectivity index (χ0v) is 16.1. The third-order valence-corrected chi connectivity index (χ3v) is 6.94. The molecule has 1 N–H and O–H groups in total. The molecule has 0 radical (unpaired) electrons. The van der Waals surface area contributed by atoms with Gasteiger partial charge < -0.3 is 5.32 Å². The lowest BCUT2D eigenvalue weighted by molar-refractivity contribution is 0.234. The van der Waals surface area contributed by atoms with E-state index in [4.69, 9.17) is 0 Å². The molecular formula is C18H30N4O2S. The molecule has 7 heteroatoms. The van der Waals surface area contributed by atoms with Crippen LogP contribution >= 0.6 is 0 Å². The number of nitrogens with one attached hydrogen (secondary N) is 1. The van der Waals surface area contributed by atoms with Crippen molar-refractivity contribution >= 4 is 15.8 Å².